The fraction of sp³-hybridized carbons (Fsp3) is 0.652. The SMILES string of the molecule is O=C(CC(CC[C@H](c1ccccc1)C1CCCCC1)[P+](=O)O)C(=O)[C@H]1CCCN1. The molecule has 2 unspecified atom stereocenters. The van der Waals surface area contributed by atoms with Crippen molar-refractivity contribution >= 4 is 19.6 Å². The predicted molar refractivity (Wildman–Crippen MR) is 114 cm³/mol. The van der Waals surface area contributed by atoms with Crippen molar-refractivity contribution in [2.24, 2.45) is 5.92 Å². The van der Waals surface area contributed by atoms with Crippen molar-refractivity contribution in [1.29, 1.82) is 0 Å². The van der Waals surface area contributed by atoms with Gasteiger partial charge in [0.15, 0.2) is 5.66 Å². The van der Waals surface area contributed by atoms with Gasteiger partial charge in [0, 0.05) is 0 Å². The first-order valence-electron chi connectivity index (χ1n) is 11.1. The molecule has 1 aromatic rings. The maximum absolute atomic E-state index is 12.4. The quantitative estimate of drug-likeness (QED) is 0.431. The van der Waals surface area contributed by atoms with Gasteiger partial charge in [0.25, 0.3) is 0 Å². The van der Waals surface area contributed by atoms with Gasteiger partial charge in [-0.3, -0.25) is 9.59 Å². The van der Waals surface area contributed by atoms with Crippen LogP contribution in [0.4, 0.5) is 0 Å². The van der Waals surface area contributed by atoms with Crippen LogP contribution in [0.2, 0.25) is 0 Å². The summed E-state index contributed by atoms with van der Waals surface area (Å²) in [6.07, 6.45) is 8.90. The lowest BCUT2D eigenvalue weighted by Crippen LogP contribution is -2.37. The number of carbonyl (C=O) groups is 2. The lowest BCUT2D eigenvalue weighted by Gasteiger charge is -2.31. The van der Waals surface area contributed by atoms with Crippen LogP contribution in [0.15, 0.2) is 30.3 Å². The summed E-state index contributed by atoms with van der Waals surface area (Å²) in [5.74, 6) is 0.0108. The summed E-state index contributed by atoms with van der Waals surface area (Å²) in [5, 5.41) is 3.05. The van der Waals surface area contributed by atoms with Gasteiger partial charge in [-0.25, -0.2) is 0 Å². The Morgan fingerprint density at radius 2 is 1.76 bits per heavy atom. The number of carbonyl (C=O) groups excluding carboxylic acids is 2. The van der Waals surface area contributed by atoms with Crippen LogP contribution in [0.1, 0.15) is 75.7 Å². The predicted octanol–water partition coefficient (Wildman–Crippen LogP) is 4.51. The van der Waals surface area contributed by atoms with Crippen LogP contribution in [0, 0.1) is 5.92 Å². The van der Waals surface area contributed by atoms with Crippen molar-refractivity contribution in [2.75, 3.05) is 6.54 Å². The number of rotatable bonds is 10. The van der Waals surface area contributed by atoms with Crippen LogP contribution in [-0.4, -0.2) is 34.7 Å². The van der Waals surface area contributed by atoms with E-state index in [9.17, 15) is 19.0 Å². The van der Waals surface area contributed by atoms with Gasteiger partial charge < -0.3 is 5.32 Å². The van der Waals surface area contributed by atoms with Crippen LogP contribution in [0.5, 0.6) is 0 Å². The van der Waals surface area contributed by atoms with Crippen LogP contribution in [-0.2, 0) is 14.2 Å². The Bertz CT molecular complexity index is 696. The Kier molecular flexibility index (Phi) is 8.53. The summed E-state index contributed by atoms with van der Waals surface area (Å²) in [6, 6.07) is 9.99. The average molecular weight is 418 g/mol. The Morgan fingerprint density at radius 3 is 2.38 bits per heavy atom. The van der Waals surface area contributed by atoms with E-state index in [1.165, 1.54) is 37.7 Å². The molecule has 4 atom stereocenters. The first-order valence-corrected chi connectivity index (χ1v) is 12.3. The van der Waals surface area contributed by atoms with Crippen molar-refractivity contribution < 1.29 is 19.0 Å². The number of Topliss-reactive ketones (excluding diaryl/α,β-unsaturated/α-hetero) is 2. The van der Waals surface area contributed by atoms with Gasteiger partial charge >= 0.3 is 8.03 Å². The highest BCUT2D eigenvalue weighted by Crippen LogP contribution is 2.41. The molecule has 0 radical (unpaired) electrons. The molecule has 2 aliphatic rings. The smallest absolute Gasteiger partial charge is 0.307 e. The average Bonchev–Trinajstić information content (AvgIpc) is 3.28. The molecule has 6 heteroatoms. The maximum Gasteiger partial charge on any atom is 0.509 e. The third-order valence-electron chi connectivity index (χ3n) is 6.64. The number of hydrogen-bond acceptors (Lipinski definition) is 4. The molecule has 158 valence electrons. The third-order valence-corrected chi connectivity index (χ3v) is 7.71. The Labute approximate surface area is 174 Å². The molecule has 0 aromatic heterocycles. The Hall–Kier alpha value is -1.42. The lowest BCUT2D eigenvalue weighted by atomic mass is 9.74. The molecular weight excluding hydrogens is 385 g/mol. The van der Waals surface area contributed by atoms with E-state index in [0.29, 0.717) is 24.7 Å². The van der Waals surface area contributed by atoms with Crippen molar-refractivity contribution in [3.8, 4) is 0 Å². The molecule has 0 amide bonds. The molecule has 0 bridgehead atoms. The second-order valence-electron chi connectivity index (χ2n) is 8.59. The van der Waals surface area contributed by atoms with Crippen molar-refractivity contribution in [3.05, 3.63) is 35.9 Å². The summed E-state index contributed by atoms with van der Waals surface area (Å²) >= 11 is 0. The largest absolute Gasteiger partial charge is 0.509 e. The minimum atomic E-state index is -2.49. The molecule has 1 saturated heterocycles. The van der Waals surface area contributed by atoms with Gasteiger partial charge in [0.1, 0.15) is 0 Å². The molecule has 2 fully saturated rings. The fourth-order valence-electron chi connectivity index (χ4n) is 4.99. The number of ketones is 2. The Morgan fingerprint density at radius 1 is 1.03 bits per heavy atom. The first-order chi connectivity index (χ1) is 14.1. The minimum Gasteiger partial charge on any atom is -0.307 e. The monoisotopic (exact) mass is 418 g/mol. The summed E-state index contributed by atoms with van der Waals surface area (Å²) < 4.78 is 12.0. The molecular formula is C23H33NO4P+. The van der Waals surface area contributed by atoms with Gasteiger partial charge in [0.05, 0.1) is 12.5 Å². The molecule has 3 rings (SSSR count). The number of benzene rings is 1. The maximum atomic E-state index is 12.4. The summed E-state index contributed by atoms with van der Waals surface area (Å²) in [7, 11) is -2.49. The fourth-order valence-corrected chi connectivity index (χ4v) is 5.68. The van der Waals surface area contributed by atoms with E-state index in [-0.39, 0.29) is 6.42 Å². The van der Waals surface area contributed by atoms with Gasteiger partial charge in [-0.2, -0.15) is 4.89 Å². The van der Waals surface area contributed by atoms with Crippen molar-refractivity contribution in [3.63, 3.8) is 0 Å². The topological polar surface area (TPSA) is 83.5 Å². The summed E-state index contributed by atoms with van der Waals surface area (Å²) in [5.41, 5.74) is 0.640. The van der Waals surface area contributed by atoms with Gasteiger partial charge in [0.2, 0.25) is 11.6 Å². The van der Waals surface area contributed by atoms with E-state index >= 15 is 0 Å². The molecule has 1 aromatic carbocycles. The zero-order valence-electron chi connectivity index (χ0n) is 17.1. The third kappa shape index (κ3) is 6.28. The standard InChI is InChI=1S/C23H32NO4P/c25-22(23(26)21-12-7-15-24-21)16-19(29(27)28)13-14-20(17-8-3-1-4-9-17)18-10-5-2-6-11-18/h1,3-4,8-9,18-21,24H,2,5-7,10-16H2/p+1/t19?,20-,21-/m1/s1. The zero-order valence-corrected chi connectivity index (χ0v) is 18.0. The van der Waals surface area contributed by atoms with Crippen LogP contribution in [0.25, 0.3) is 0 Å². The summed E-state index contributed by atoms with van der Waals surface area (Å²) in [4.78, 5) is 34.6. The van der Waals surface area contributed by atoms with E-state index in [4.69, 9.17) is 0 Å². The second kappa shape index (κ2) is 11.1. The van der Waals surface area contributed by atoms with Crippen LogP contribution in [0.3, 0.4) is 0 Å². The molecule has 1 saturated carbocycles. The van der Waals surface area contributed by atoms with Crippen LogP contribution >= 0.6 is 8.03 Å². The van der Waals surface area contributed by atoms with Crippen LogP contribution < -0.4 is 5.32 Å². The highest BCUT2D eigenvalue weighted by Gasteiger charge is 2.37. The molecule has 2 N–H and O–H groups in total. The number of hydrogen-bond donors (Lipinski definition) is 2. The molecule has 5 nitrogen and oxygen atoms in total. The van der Waals surface area contributed by atoms with E-state index in [1.54, 1.807) is 0 Å². The summed E-state index contributed by atoms with van der Waals surface area (Å²) in [6.45, 7) is 0.752. The highest BCUT2D eigenvalue weighted by molar-refractivity contribution is 7.39. The first kappa shape index (κ1) is 22.3. The van der Waals surface area contributed by atoms with E-state index < -0.39 is 31.3 Å². The van der Waals surface area contributed by atoms with Gasteiger partial charge in [-0.15, -0.1) is 0 Å². The highest BCUT2D eigenvalue weighted by atomic mass is 31.1. The Balaban J connectivity index is 1.63. The van der Waals surface area contributed by atoms with E-state index in [0.717, 1.165) is 19.4 Å². The lowest BCUT2D eigenvalue weighted by molar-refractivity contribution is -0.137. The zero-order chi connectivity index (χ0) is 20.6. The van der Waals surface area contributed by atoms with Gasteiger partial charge in [-0.05, 0) is 67.0 Å². The van der Waals surface area contributed by atoms with Crippen molar-refractivity contribution in [2.45, 2.75) is 81.8 Å². The molecule has 29 heavy (non-hydrogen) atoms. The minimum absolute atomic E-state index is 0.116. The van der Waals surface area contributed by atoms with E-state index in [1.807, 2.05) is 18.2 Å². The molecule has 1 aliphatic heterocycles. The second-order valence-corrected chi connectivity index (χ2v) is 9.92. The van der Waals surface area contributed by atoms with Crippen molar-refractivity contribution in [1.82, 2.24) is 5.32 Å². The van der Waals surface area contributed by atoms with E-state index in [2.05, 4.69) is 17.4 Å². The molecule has 1 heterocycles. The molecule has 0 spiro atoms. The number of nitrogens with one attached hydrogen (secondary N) is 1. The molecule has 1 aliphatic carbocycles. The normalized spacial score (nSPS) is 22.8. The van der Waals surface area contributed by atoms with Gasteiger partial charge in [-0.1, -0.05) is 49.6 Å².